The fraction of sp³-hybridized carbons (Fsp3) is 0.588. The standard InChI is InChI=1S/C17H26N2O/c1-13(2)15-6-8-16(9-7-15)18-17(20)11-14-5-4-10-19(3)12-14/h6-9,13-14H,4-5,10-12H2,1-3H3,(H,18,20). The third-order valence-electron chi connectivity index (χ3n) is 4.06. The Morgan fingerprint density at radius 3 is 2.65 bits per heavy atom. The summed E-state index contributed by atoms with van der Waals surface area (Å²) in [4.78, 5) is 14.4. The maximum atomic E-state index is 12.1. The minimum atomic E-state index is 0.141. The minimum absolute atomic E-state index is 0.141. The second-order valence-corrected chi connectivity index (χ2v) is 6.30. The molecule has 1 unspecified atom stereocenters. The number of anilines is 1. The van der Waals surface area contributed by atoms with Crippen LogP contribution in [0.25, 0.3) is 0 Å². The van der Waals surface area contributed by atoms with Crippen molar-refractivity contribution in [1.29, 1.82) is 0 Å². The van der Waals surface area contributed by atoms with Gasteiger partial charge in [0.15, 0.2) is 0 Å². The first-order valence-electron chi connectivity index (χ1n) is 7.63. The van der Waals surface area contributed by atoms with Gasteiger partial charge in [0.2, 0.25) is 5.91 Å². The largest absolute Gasteiger partial charge is 0.326 e. The van der Waals surface area contributed by atoms with Crippen LogP contribution in [-0.4, -0.2) is 30.9 Å². The van der Waals surface area contributed by atoms with Crippen molar-refractivity contribution in [2.24, 2.45) is 5.92 Å². The van der Waals surface area contributed by atoms with E-state index in [9.17, 15) is 4.79 Å². The predicted molar refractivity (Wildman–Crippen MR) is 84.0 cm³/mol. The Kier molecular flexibility index (Phi) is 5.18. The van der Waals surface area contributed by atoms with Crippen LogP contribution in [0.15, 0.2) is 24.3 Å². The summed E-state index contributed by atoms with van der Waals surface area (Å²) in [5.74, 6) is 1.17. The molecule has 1 aliphatic heterocycles. The summed E-state index contributed by atoms with van der Waals surface area (Å²) < 4.78 is 0. The summed E-state index contributed by atoms with van der Waals surface area (Å²) in [6.45, 7) is 6.55. The zero-order valence-corrected chi connectivity index (χ0v) is 12.9. The van der Waals surface area contributed by atoms with E-state index in [0.29, 0.717) is 18.3 Å². The first kappa shape index (κ1) is 15.0. The number of rotatable bonds is 4. The van der Waals surface area contributed by atoms with Gasteiger partial charge in [-0.25, -0.2) is 0 Å². The molecule has 1 saturated heterocycles. The van der Waals surface area contributed by atoms with E-state index in [-0.39, 0.29) is 5.91 Å². The van der Waals surface area contributed by atoms with Crippen LogP contribution in [0.1, 0.15) is 44.6 Å². The number of hydrogen-bond acceptors (Lipinski definition) is 2. The van der Waals surface area contributed by atoms with Gasteiger partial charge in [-0.15, -0.1) is 0 Å². The van der Waals surface area contributed by atoms with Gasteiger partial charge in [-0.3, -0.25) is 4.79 Å². The molecule has 0 radical (unpaired) electrons. The van der Waals surface area contributed by atoms with Gasteiger partial charge in [0.1, 0.15) is 0 Å². The summed E-state index contributed by atoms with van der Waals surface area (Å²) >= 11 is 0. The fourth-order valence-electron chi connectivity index (χ4n) is 2.87. The zero-order valence-electron chi connectivity index (χ0n) is 12.9. The second kappa shape index (κ2) is 6.89. The molecule has 1 fully saturated rings. The number of likely N-dealkylation sites (tertiary alicyclic amines) is 1. The zero-order chi connectivity index (χ0) is 14.5. The van der Waals surface area contributed by atoms with Gasteiger partial charge in [0.05, 0.1) is 0 Å². The van der Waals surface area contributed by atoms with Crippen molar-refractivity contribution in [2.75, 3.05) is 25.5 Å². The van der Waals surface area contributed by atoms with Crippen LogP contribution in [0.4, 0.5) is 5.69 Å². The molecule has 1 aromatic rings. The Morgan fingerprint density at radius 1 is 1.35 bits per heavy atom. The van der Waals surface area contributed by atoms with E-state index in [0.717, 1.165) is 18.8 Å². The van der Waals surface area contributed by atoms with Crippen LogP contribution in [0.2, 0.25) is 0 Å². The quantitative estimate of drug-likeness (QED) is 0.911. The molecule has 1 amide bonds. The summed E-state index contributed by atoms with van der Waals surface area (Å²) in [7, 11) is 2.13. The van der Waals surface area contributed by atoms with Crippen molar-refractivity contribution in [1.82, 2.24) is 4.90 Å². The van der Waals surface area contributed by atoms with Crippen LogP contribution in [0, 0.1) is 5.92 Å². The average Bonchev–Trinajstić information content (AvgIpc) is 2.39. The van der Waals surface area contributed by atoms with Crippen molar-refractivity contribution in [3.63, 3.8) is 0 Å². The van der Waals surface area contributed by atoms with Crippen LogP contribution < -0.4 is 5.32 Å². The third kappa shape index (κ3) is 4.34. The Hall–Kier alpha value is -1.35. The number of carbonyl (C=O) groups excluding carboxylic acids is 1. The van der Waals surface area contributed by atoms with E-state index in [1.54, 1.807) is 0 Å². The normalized spacial score (nSPS) is 20.1. The predicted octanol–water partition coefficient (Wildman–Crippen LogP) is 3.48. The molecule has 20 heavy (non-hydrogen) atoms. The average molecular weight is 274 g/mol. The third-order valence-corrected chi connectivity index (χ3v) is 4.06. The number of carbonyl (C=O) groups is 1. The summed E-state index contributed by atoms with van der Waals surface area (Å²) in [6.07, 6.45) is 3.01. The van der Waals surface area contributed by atoms with Gasteiger partial charge in [-0.05, 0) is 56.0 Å². The van der Waals surface area contributed by atoms with Gasteiger partial charge >= 0.3 is 0 Å². The maximum absolute atomic E-state index is 12.1. The van der Waals surface area contributed by atoms with Crippen LogP contribution in [0.3, 0.4) is 0 Å². The molecule has 1 N–H and O–H groups in total. The van der Waals surface area contributed by atoms with Crippen LogP contribution in [0.5, 0.6) is 0 Å². The Labute approximate surface area is 122 Å². The van der Waals surface area contributed by atoms with E-state index < -0.39 is 0 Å². The van der Waals surface area contributed by atoms with E-state index in [2.05, 4.69) is 43.2 Å². The molecule has 3 nitrogen and oxygen atoms in total. The highest BCUT2D eigenvalue weighted by Crippen LogP contribution is 2.20. The number of amides is 1. The lowest BCUT2D eigenvalue weighted by molar-refractivity contribution is -0.117. The molecular formula is C17H26N2O. The SMILES string of the molecule is CC(C)c1ccc(NC(=O)CC2CCCN(C)C2)cc1. The van der Waals surface area contributed by atoms with Crippen LogP contribution >= 0.6 is 0 Å². The lowest BCUT2D eigenvalue weighted by atomic mass is 9.95. The number of benzene rings is 1. The molecule has 110 valence electrons. The van der Waals surface area contributed by atoms with E-state index >= 15 is 0 Å². The molecule has 1 aromatic carbocycles. The lowest BCUT2D eigenvalue weighted by Crippen LogP contribution is -2.34. The number of piperidine rings is 1. The number of nitrogens with zero attached hydrogens (tertiary/aromatic N) is 1. The topological polar surface area (TPSA) is 32.3 Å². The second-order valence-electron chi connectivity index (χ2n) is 6.30. The van der Waals surface area contributed by atoms with Crippen molar-refractivity contribution in [2.45, 2.75) is 39.0 Å². The van der Waals surface area contributed by atoms with Gasteiger partial charge in [0, 0.05) is 18.7 Å². The van der Waals surface area contributed by atoms with Crippen LogP contribution in [-0.2, 0) is 4.79 Å². The molecular weight excluding hydrogens is 248 g/mol. The summed E-state index contributed by atoms with van der Waals surface area (Å²) in [5.41, 5.74) is 2.21. The van der Waals surface area contributed by atoms with E-state index in [4.69, 9.17) is 0 Å². The van der Waals surface area contributed by atoms with E-state index in [1.807, 2.05) is 12.1 Å². The van der Waals surface area contributed by atoms with Crippen molar-refractivity contribution in [3.8, 4) is 0 Å². The molecule has 0 aliphatic carbocycles. The lowest BCUT2D eigenvalue weighted by Gasteiger charge is -2.29. The Morgan fingerprint density at radius 2 is 2.05 bits per heavy atom. The first-order chi connectivity index (χ1) is 9.54. The molecule has 1 aliphatic rings. The van der Waals surface area contributed by atoms with Crippen molar-refractivity contribution >= 4 is 11.6 Å². The smallest absolute Gasteiger partial charge is 0.224 e. The highest BCUT2D eigenvalue weighted by molar-refractivity contribution is 5.90. The molecule has 1 atom stereocenters. The monoisotopic (exact) mass is 274 g/mol. The Balaban J connectivity index is 1.84. The molecule has 0 bridgehead atoms. The molecule has 0 saturated carbocycles. The summed E-state index contributed by atoms with van der Waals surface area (Å²) in [6, 6.07) is 8.18. The highest BCUT2D eigenvalue weighted by atomic mass is 16.1. The molecule has 2 rings (SSSR count). The molecule has 1 heterocycles. The maximum Gasteiger partial charge on any atom is 0.224 e. The highest BCUT2D eigenvalue weighted by Gasteiger charge is 2.19. The molecule has 0 aromatic heterocycles. The molecule has 3 heteroatoms. The van der Waals surface area contributed by atoms with Crippen molar-refractivity contribution in [3.05, 3.63) is 29.8 Å². The van der Waals surface area contributed by atoms with Gasteiger partial charge < -0.3 is 10.2 Å². The van der Waals surface area contributed by atoms with Crippen molar-refractivity contribution < 1.29 is 4.79 Å². The minimum Gasteiger partial charge on any atom is -0.326 e. The van der Waals surface area contributed by atoms with Gasteiger partial charge in [-0.2, -0.15) is 0 Å². The Bertz CT molecular complexity index is 439. The van der Waals surface area contributed by atoms with E-state index in [1.165, 1.54) is 18.4 Å². The van der Waals surface area contributed by atoms with Gasteiger partial charge in [0.25, 0.3) is 0 Å². The number of hydrogen-bond donors (Lipinski definition) is 1. The molecule has 0 spiro atoms. The van der Waals surface area contributed by atoms with Gasteiger partial charge in [-0.1, -0.05) is 26.0 Å². The number of nitrogens with one attached hydrogen (secondary N) is 1. The summed E-state index contributed by atoms with van der Waals surface area (Å²) in [5, 5.41) is 3.01. The fourth-order valence-corrected chi connectivity index (χ4v) is 2.87. The first-order valence-corrected chi connectivity index (χ1v) is 7.63.